The number of aromatic hydroxyl groups is 1. The van der Waals surface area contributed by atoms with Crippen molar-refractivity contribution in [1.82, 2.24) is 0 Å². The molecule has 112 valence electrons. The molecule has 0 radical (unpaired) electrons. The van der Waals surface area contributed by atoms with E-state index in [0.717, 1.165) is 11.1 Å². The van der Waals surface area contributed by atoms with Crippen LogP contribution in [0.25, 0.3) is 0 Å². The molecule has 1 aromatic carbocycles. The fraction of sp³-hybridized carbons (Fsp3) is 0.611. The minimum absolute atomic E-state index is 0.0497. The number of rotatable bonds is 2. The average Bonchev–Trinajstić information content (AvgIpc) is 2.24. The van der Waals surface area contributed by atoms with Crippen molar-refractivity contribution < 1.29 is 5.11 Å². The summed E-state index contributed by atoms with van der Waals surface area (Å²) in [6.07, 6.45) is 1.80. The molecule has 2 nitrogen and oxygen atoms in total. The van der Waals surface area contributed by atoms with Crippen LogP contribution in [0.2, 0.25) is 0 Å². The lowest BCUT2D eigenvalue weighted by molar-refractivity contribution is 0.444. The highest BCUT2D eigenvalue weighted by Gasteiger charge is 2.24. The molecule has 0 heterocycles. The van der Waals surface area contributed by atoms with Crippen molar-refractivity contribution in [2.75, 3.05) is 0 Å². The molecule has 0 unspecified atom stereocenters. The van der Waals surface area contributed by atoms with E-state index >= 15 is 0 Å². The van der Waals surface area contributed by atoms with Crippen molar-refractivity contribution >= 4 is 6.21 Å². The summed E-state index contributed by atoms with van der Waals surface area (Å²) in [4.78, 5) is 4.42. The molecule has 0 saturated carbocycles. The van der Waals surface area contributed by atoms with Crippen LogP contribution in [-0.4, -0.2) is 17.4 Å². The van der Waals surface area contributed by atoms with E-state index in [1.54, 1.807) is 6.21 Å². The number of aliphatic imine (C=N–C) groups is 1. The summed E-state index contributed by atoms with van der Waals surface area (Å²) in [5.41, 5.74) is 2.98. The Morgan fingerprint density at radius 1 is 1.00 bits per heavy atom. The lowest BCUT2D eigenvalue weighted by atomic mass is 9.79. The lowest BCUT2D eigenvalue weighted by Gasteiger charge is -2.27. The quantitative estimate of drug-likeness (QED) is 0.771. The van der Waals surface area contributed by atoms with Gasteiger partial charge >= 0.3 is 0 Å². The van der Waals surface area contributed by atoms with Crippen LogP contribution in [0, 0.1) is 0 Å². The molecule has 0 aromatic heterocycles. The lowest BCUT2D eigenvalue weighted by Crippen LogP contribution is -2.17. The summed E-state index contributed by atoms with van der Waals surface area (Å²) in [7, 11) is 0. The predicted molar refractivity (Wildman–Crippen MR) is 88.2 cm³/mol. The molecule has 0 saturated heterocycles. The maximum Gasteiger partial charge on any atom is 0.128 e. The van der Waals surface area contributed by atoms with Gasteiger partial charge in [0.1, 0.15) is 5.75 Å². The van der Waals surface area contributed by atoms with Gasteiger partial charge < -0.3 is 5.11 Å². The van der Waals surface area contributed by atoms with Crippen LogP contribution in [0.4, 0.5) is 0 Å². The molecule has 0 atom stereocenters. The first kappa shape index (κ1) is 16.7. The second-order valence-corrected chi connectivity index (χ2v) is 7.83. The highest BCUT2D eigenvalue weighted by atomic mass is 16.3. The molecule has 0 bridgehead atoms. The zero-order valence-electron chi connectivity index (χ0n) is 14.2. The highest BCUT2D eigenvalue weighted by Crippen LogP contribution is 2.37. The number of hydrogen-bond donors (Lipinski definition) is 1. The summed E-state index contributed by atoms with van der Waals surface area (Å²) in [6, 6.07) is 4.41. The predicted octanol–water partition coefficient (Wildman–Crippen LogP) is 4.81. The van der Waals surface area contributed by atoms with Gasteiger partial charge in [0.2, 0.25) is 0 Å². The number of phenols is 1. The molecule has 1 N–H and O–H groups in total. The monoisotopic (exact) mass is 275 g/mol. The van der Waals surface area contributed by atoms with Crippen molar-refractivity contribution in [2.45, 2.75) is 72.3 Å². The van der Waals surface area contributed by atoms with Gasteiger partial charge in [0.25, 0.3) is 0 Å². The van der Waals surface area contributed by atoms with Crippen molar-refractivity contribution in [3.05, 3.63) is 28.8 Å². The third-order valence-electron chi connectivity index (χ3n) is 3.33. The van der Waals surface area contributed by atoms with Crippen molar-refractivity contribution in [3.63, 3.8) is 0 Å². The molecule has 1 rings (SSSR count). The number of phenolic OH excluding ortho intramolecular Hbond substituents is 1. The fourth-order valence-electron chi connectivity index (χ4n) is 1.99. The Kier molecular flexibility index (Phi) is 4.68. The van der Waals surface area contributed by atoms with Crippen LogP contribution in [0.5, 0.6) is 5.75 Å². The van der Waals surface area contributed by atoms with E-state index in [-0.39, 0.29) is 16.9 Å². The van der Waals surface area contributed by atoms with E-state index in [2.05, 4.69) is 58.7 Å². The zero-order valence-corrected chi connectivity index (χ0v) is 14.2. The molecule has 0 fully saturated rings. The summed E-state index contributed by atoms with van der Waals surface area (Å²) in [5, 5.41) is 10.5. The van der Waals surface area contributed by atoms with Crippen LogP contribution >= 0.6 is 0 Å². The molecule has 0 aliphatic heterocycles. The minimum atomic E-state index is -0.0915. The Morgan fingerprint density at radius 3 is 1.95 bits per heavy atom. The van der Waals surface area contributed by atoms with Gasteiger partial charge in [0, 0.05) is 23.4 Å². The molecule has 2 heteroatoms. The van der Waals surface area contributed by atoms with E-state index in [4.69, 9.17) is 0 Å². The third-order valence-corrected chi connectivity index (χ3v) is 3.33. The maximum absolute atomic E-state index is 10.5. The number of nitrogens with zero attached hydrogens (tertiary/aromatic N) is 1. The molecular weight excluding hydrogens is 246 g/mol. The van der Waals surface area contributed by atoms with Gasteiger partial charge in [0.15, 0.2) is 0 Å². The highest BCUT2D eigenvalue weighted by molar-refractivity contribution is 5.85. The molecule has 0 aliphatic rings. The van der Waals surface area contributed by atoms with Crippen LogP contribution in [0.1, 0.15) is 72.1 Å². The summed E-state index contributed by atoms with van der Waals surface area (Å²) >= 11 is 0. The molecular formula is C18H29NO. The topological polar surface area (TPSA) is 32.6 Å². The van der Waals surface area contributed by atoms with Gasteiger partial charge in [-0.15, -0.1) is 0 Å². The molecule has 20 heavy (non-hydrogen) atoms. The molecule has 1 aromatic rings. The van der Waals surface area contributed by atoms with Gasteiger partial charge in [-0.1, -0.05) is 47.6 Å². The maximum atomic E-state index is 10.5. The van der Waals surface area contributed by atoms with Crippen molar-refractivity contribution in [1.29, 1.82) is 0 Å². The average molecular weight is 275 g/mol. The normalized spacial score (nSPS) is 13.4. The largest absolute Gasteiger partial charge is 0.507 e. The number of hydrogen-bond acceptors (Lipinski definition) is 2. The number of benzene rings is 1. The van der Waals surface area contributed by atoms with Gasteiger partial charge in [-0.05, 0) is 36.3 Å². The fourth-order valence-corrected chi connectivity index (χ4v) is 1.99. The minimum Gasteiger partial charge on any atom is -0.507 e. The third kappa shape index (κ3) is 4.09. The molecule has 0 spiro atoms. The van der Waals surface area contributed by atoms with Crippen molar-refractivity contribution in [2.24, 2.45) is 4.99 Å². The summed E-state index contributed by atoms with van der Waals surface area (Å²) < 4.78 is 0. The van der Waals surface area contributed by atoms with Gasteiger partial charge in [-0.3, -0.25) is 4.99 Å². The Morgan fingerprint density at radius 2 is 1.55 bits per heavy atom. The Labute approximate surface area is 124 Å². The van der Waals surface area contributed by atoms with Crippen LogP contribution in [0.15, 0.2) is 17.1 Å². The van der Waals surface area contributed by atoms with Gasteiger partial charge in [-0.25, -0.2) is 0 Å². The van der Waals surface area contributed by atoms with Crippen molar-refractivity contribution in [3.8, 4) is 5.75 Å². The van der Waals surface area contributed by atoms with Crippen LogP contribution in [0.3, 0.4) is 0 Å². The first-order valence-corrected chi connectivity index (χ1v) is 7.34. The van der Waals surface area contributed by atoms with Gasteiger partial charge in [-0.2, -0.15) is 0 Å². The Hall–Kier alpha value is -1.31. The van der Waals surface area contributed by atoms with E-state index in [0.29, 0.717) is 5.75 Å². The van der Waals surface area contributed by atoms with E-state index < -0.39 is 0 Å². The smallest absolute Gasteiger partial charge is 0.128 e. The van der Waals surface area contributed by atoms with Gasteiger partial charge in [0.05, 0.1) is 0 Å². The summed E-state index contributed by atoms with van der Waals surface area (Å²) in [5.74, 6) is 0.356. The molecule has 0 aliphatic carbocycles. The second-order valence-electron chi connectivity index (χ2n) is 7.83. The standard InChI is InChI=1S/C18H29NO/c1-12(2)19-11-13-9-14(17(3,4)5)10-15(16(13)20)18(6,7)8/h9-12,20H,1-8H3. The molecule has 0 amide bonds. The first-order chi connectivity index (χ1) is 8.93. The van der Waals surface area contributed by atoms with E-state index in [1.165, 1.54) is 5.56 Å². The summed E-state index contributed by atoms with van der Waals surface area (Å²) in [6.45, 7) is 17.0. The van der Waals surface area contributed by atoms with E-state index in [1.807, 2.05) is 13.8 Å². The van der Waals surface area contributed by atoms with Crippen LogP contribution in [-0.2, 0) is 10.8 Å². The van der Waals surface area contributed by atoms with Crippen LogP contribution < -0.4 is 0 Å². The SMILES string of the molecule is CC(C)N=Cc1cc(C(C)(C)C)cc(C(C)(C)C)c1O. The zero-order chi connectivity index (χ0) is 15.7. The Balaban J connectivity index is 3.51. The van der Waals surface area contributed by atoms with E-state index in [9.17, 15) is 5.11 Å². The first-order valence-electron chi connectivity index (χ1n) is 7.34. The Bertz CT molecular complexity index is 499. The second kappa shape index (κ2) is 5.59.